The number of aromatic amines is 1. The molecule has 0 aliphatic carbocycles. The van der Waals surface area contributed by atoms with Gasteiger partial charge in [0.2, 0.25) is 0 Å². The summed E-state index contributed by atoms with van der Waals surface area (Å²) in [6.07, 6.45) is 0.643. The molecule has 0 spiro atoms. The summed E-state index contributed by atoms with van der Waals surface area (Å²) in [5.41, 5.74) is 0.0365. The molecule has 0 aliphatic heterocycles. The summed E-state index contributed by atoms with van der Waals surface area (Å²) in [5.74, 6) is 0.405. The Hall–Kier alpha value is -2.34. The van der Waals surface area contributed by atoms with E-state index in [0.29, 0.717) is 36.0 Å². The van der Waals surface area contributed by atoms with Gasteiger partial charge >= 0.3 is 5.69 Å². The van der Waals surface area contributed by atoms with Crippen molar-refractivity contribution < 1.29 is 9.53 Å². The van der Waals surface area contributed by atoms with Crippen molar-refractivity contribution in [2.24, 2.45) is 0 Å². The monoisotopic (exact) mass is 377 g/mol. The van der Waals surface area contributed by atoms with E-state index in [1.807, 2.05) is 32.9 Å². The van der Waals surface area contributed by atoms with Gasteiger partial charge in [-0.15, -0.1) is 0 Å². The van der Waals surface area contributed by atoms with Gasteiger partial charge in [0.1, 0.15) is 11.4 Å². The highest BCUT2D eigenvalue weighted by Gasteiger charge is 2.20. The second-order valence-electron chi connectivity index (χ2n) is 7.12. The molecule has 0 bridgehead atoms. The molecule has 0 aliphatic rings. The first-order chi connectivity index (χ1) is 12.2. The minimum absolute atomic E-state index is 0.150. The zero-order valence-corrected chi connectivity index (χ0v) is 16.3. The standard InChI is InChI=1S/C19H24ClN3O3/c1-19(2,3)16-12-15(21-18(25)22-16)17(24)23(4)9-6-10-26-14-8-5-7-13(20)11-14/h5,7-8,11-12H,6,9-10H2,1-4H3,(H,21,22,25). The van der Waals surface area contributed by atoms with Gasteiger partial charge < -0.3 is 14.6 Å². The maximum absolute atomic E-state index is 12.5. The molecule has 2 rings (SSSR count). The summed E-state index contributed by atoms with van der Waals surface area (Å²) in [5, 5.41) is 0.616. The largest absolute Gasteiger partial charge is 0.493 e. The Kier molecular flexibility index (Phi) is 6.42. The number of aromatic nitrogens is 2. The minimum atomic E-state index is -0.515. The van der Waals surface area contributed by atoms with Gasteiger partial charge in [-0.3, -0.25) is 4.79 Å². The van der Waals surface area contributed by atoms with Gasteiger partial charge in [-0.25, -0.2) is 4.79 Å². The Morgan fingerprint density at radius 2 is 2.04 bits per heavy atom. The number of carbonyl (C=O) groups is 1. The second kappa shape index (κ2) is 8.36. The first-order valence-corrected chi connectivity index (χ1v) is 8.80. The summed E-state index contributed by atoms with van der Waals surface area (Å²) in [4.78, 5) is 32.3. The summed E-state index contributed by atoms with van der Waals surface area (Å²) in [6.45, 7) is 6.82. The van der Waals surface area contributed by atoms with Crippen LogP contribution >= 0.6 is 11.6 Å². The van der Waals surface area contributed by atoms with Crippen molar-refractivity contribution in [3.8, 4) is 5.75 Å². The zero-order chi connectivity index (χ0) is 19.3. The van der Waals surface area contributed by atoms with Crippen molar-refractivity contribution in [2.75, 3.05) is 20.2 Å². The zero-order valence-electron chi connectivity index (χ0n) is 15.5. The quantitative estimate of drug-likeness (QED) is 0.784. The Morgan fingerprint density at radius 3 is 2.69 bits per heavy atom. The van der Waals surface area contributed by atoms with Crippen molar-refractivity contribution in [1.29, 1.82) is 0 Å². The minimum Gasteiger partial charge on any atom is -0.493 e. The number of hydrogen-bond donors (Lipinski definition) is 1. The molecule has 0 saturated heterocycles. The summed E-state index contributed by atoms with van der Waals surface area (Å²) >= 11 is 5.91. The number of halogens is 1. The molecule has 7 heteroatoms. The SMILES string of the molecule is CN(CCCOc1cccc(Cl)c1)C(=O)c1cc(C(C)(C)C)[nH]c(=O)n1. The number of rotatable bonds is 6. The number of carbonyl (C=O) groups excluding carboxylic acids is 1. The number of nitrogens with one attached hydrogen (secondary N) is 1. The maximum atomic E-state index is 12.5. The van der Waals surface area contributed by atoms with Crippen LogP contribution in [0, 0.1) is 0 Å². The Balaban J connectivity index is 1.93. The third kappa shape index (κ3) is 5.59. The van der Waals surface area contributed by atoms with Crippen LogP contribution in [-0.2, 0) is 5.41 Å². The van der Waals surface area contributed by atoms with E-state index in [1.54, 1.807) is 25.2 Å². The van der Waals surface area contributed by atoms with Crippen LogP contribution in [0.4, 0.5) is 0 Å². The van der Waals surface area contributed by atoms with Gasteiger partial charge in [-0.05, 0) is 30.7 Å². The van der Waals surface area contributed by atoms with E-state index in [0.717, 1.165) is 0 Å². The molecular formula is C19H24ClN3O3. The second-order valence-corrected chi connectivity index (χ2v) is 7.56. The van der Waals surface area contributed by atoms with Crippen molar-refractivity contribution in [1.82, 2.24) is 14.9 Å². The fraction of sp³-hybridized carbons (Fsp3) is 0.421. The van der Waals surface area contributed by atoms with Crippen molar-refractivity contribution in [3.63, 3.8) is 0 Å². The molecule has 0 radical (unpaired) electrons. The van der Waals surface area contributed by atoms with E-state index >= 15 is 0 Å². The predicted molar refractivity (Wildman–Crippen MR) is 102 cm³/mol. The van der Waals surface area contributed by atoms with Gasteiger partial charge in [-0.1, -0.05) is 38.4 Å². The number of H-pyrrole nitrogens is 1. The summed E-state index contributed by atoms with van der Waals surface area (Å²) in [6, 6.07) is 8.81. The van der Waals surface area contributed by atoms with E-state index in [-0.39, 0.29) is 17.0 Å². The fourth-order valence-corrected chi connectivity index (χ4v) is 2.50. The highest BCUT2D eigenvalue weighted by atomic mass is 35.5. The number of benzene rings is 1. The van der Waals surface area contributed by atoms with Gasteiger partial charge in [0.15, 0.2) is 0 Å². The smallest absolute Gasteiger partial charge is 0.345 e. The number of hydrogen-bond acceptors (Lipinski definition) is 4. The van der Waals surface area contributed by atoms with Crippen LogP contribution in [0.25, 0.3) is 0 Å². The summed E-state index contributed by atoms with van der Waals surface area (Å²) in [7, 11) is 1.68. The molecule has 1 aromatic carbocycles. The van der Waals surface area contributed by atoms with Gasteiger partial charge in [0.05, 0.1) is 6.61 Å². The Labute approximate surface area is 158 Å². The average Bonchev–Trinajstić information content (AvgIpc) is 2.56. The van der Waals surface area contributed by atoms with Crippen LogP contribution in [0.15, 0.2) is 35.1 Å². The molecule has 0 saturated carbocycles. The van der Waals surface area contributed by atoms with Crippen LogP contribution in [-0.4, -0.2) is 41.0 Å². The average molecular weight is 378 g/mol. The van der Waals surface area contributed by atoms with Crippen LogP contribution in [0.1, 0.15) is 43.4 Å². The number of amides is 1. The van der Waals surface area contributed by atoms with Crippen molar-refractivity contribution >= 4 is 17.5 Å². The van der Waals surface area contributed by atoms with Crippen molar-refractivity contribution in [2.45, 2.75) is 32.6 Å². The Bertz CT molecular complexity index is 827. The van der Waals surface area contributed by atoms with E-state index < -0.39 is 5.69 Å². The van der Waals surface area contributed by atoms with Gasteiger partial charge in [-0.2, -0.15) is 4.98 Å². The molecular weight excluding hydrogens is 354 g/mol. The van der Waals surface area contributed by atoms with Gasteiger partial charge in [0.25, 0.3) is 5.91 Å². The van der Waals surface area contributed by atoms with Crippen LogP contribution in [0.2, 0.25) is 5.02 Å². The maximum Gasteiger partial charge on any atom is 0.345 e. The first kappa shape index (κ1) is 20.0. The molecule has 0 unspecified atom stereocenters. The highest BCUT2D eigenvalue weighted by molar-refractivity contribution is 6.30. The Morgan fingerprint density at radius 1 is 1.31 bits per heavy atom. The van der Waals surface area contributed by atoms with Crippen LogP contribution in [0.5, 0.6) is 5.75 Å². The molecule has 26 heavy (non-hydrogen) atoms. The van der Waals surface area contributed by atoms with E-state index in [2.05, 4.69) is 9.97 Å². The highest BCUT2D eigenvalue weighted by Crippen LogP contribution is 2.19. The van der Waals surface area contributed by atoms with E-state index in [9.17, 15) is 9.59 Å². The van der Waals surface area contributed by atoms with Crippen LogP contribution in [0.3, 0.4) is 0 Å². The molecule has 1 heterocycles. The van der Waals surface area contributed by atoms with E-state index in [4.69, 9.17) is 16.3 Å². The lowest BCUT2D eigenvalue weighted by Crippen LogP contribution is -2.32. The molecule has 0 fully saturated rings. The molecule has 6 nitrogen and oxygen atoms in total. The summed E-state index contributed by atoms with van der Waals surface area (Å²) < 4.78 is 5.61. The third-order valence-corrected chi connectivity index (χ3v) is 4.06. The number of ether oxygens (including phenoxy) is 1. The third-order valence-electron chi connectivity index (χ3n) is 3.82. The van der Waals surface area contributed by atoms with Crippen molar-refractivity contribution in [3.05, 3.63) is 57.2 Å². The fourth-order valence-electron chi connectivity index (χ4n) is 2.32. The molecule has 1 N–H and O–H groups in total. The lowest BCUT2D eigenvalue weighted by atomic mass is 9.91. The van der Waals surface area contributed by atoms with Crippen LogP contribution < -0.4 is 10.4 Å². The predicted octanol–water partition coefficient (Wildman–Crippen LogP) is 3.26. The van der Waals surface area contributed by atoms with E-state index in [1.165, 1.54) is 4.90 Å². The lowest BCUT2D eigenvalue weighted by Gasteiger charge is -2.20. The topological polar surface area (TPSA) is 75.3 Å². The van der Waals surface area contributed by atoms with Gasteiger partial charge in [0, 0.05) is 29.7 Å². The molecule has 1 aromatic heterocycles. The first-order valence-electron chi connectivity index (χ1n) is 8.42. The normalized spacial score (nSPS) is 11.3. The molecule has 140 valence electrons. The number of nitrogens with zero attached hydrogens (tertiary/aromatic N) is 2. The molecule has 1 amide bonds. The lowest BCUT2D eigenvalue weighted by molar-refractivity contribution is 0.0781. The molecule has 2 aromatic rings. The molecule has 0 atom stereocenters.